The fourth-order valence-electron chi connectivity index (χ4n) is 2.28. The number of ether oxygens (including phenoxy) is 3. The van der Waals surface area contributed by atoms with Crippen LogP contribution in [0, 0.1) is 0 Å². The summed E-state index contributed by atoms with van der Waals surface area (Å²) in [6, 6.07) is 12.8. The van der Waals surface area contributed by atoms with Gasteiger partial charge in [0, 0.05) is 11.8 Å². The van der Waals surface area contributed by atoms with Crippen LogP contribution in [0.15, 0.2) is 48.5 Å². The van der Waals surface area contributed by atoms with Gasteiger partial charge in [-0.3, -0.25) is 4.79 Å². The predicted octanol–water partition coefficient (Wildman–Crippen LogP) is 4.53. The van der Waals surface area contributed by atoms with Gasteiger partial charge in [0.2, 0.25) is 5.91 Å². The first-order valence-electron chi connectivity index (χ1n) is 8.69. The molecule has 0 saturated heterocycles. The summed E-state index contributed by atoms with van der Waals surface area (Å²) in [4.78, 5) is 12.1. The number of rotatable bonds is 9. The Morgan fingerprint density at radius 2 is 1.81 bits per heavy atom. The molecular formula is C21H25NO4. The van der Waals surface area contributed by atoms with Crippen LogP contribution < -0.4 is 19.5 Å². The summed E-state index contributed by atoms with van der Waals surface area (Å²) in [6.07, 6.45) is 4.14. The maximum atomic E-state index is 12.1. The summed E-state index contributed by atoms with van der Waals surface area (Å²) < 4.78 is 16.3. The smallest absolute Gasteiger partial charge is 0.248 e. The van der Waals surface area contributed by atoms with Crippen molar-refractivity contribution in [3.05, 3.63) is 54.1 Å². The summed E-state index contributed by atoms with van der Waals surface area (Å²) in [6.45, 7) is 5.22. The second-order valence-corrected chi connectivity index (χ2v) is 5.54. The fourth-order valence-corrected chi connectivity index (χ4v) is 2.28. The molecule has 0 aliphatic heterocycles. The number of methoxy groups -OCH3 is 1. The highest BCUT2D eigenvalue weighted by Gasteiger charge is 2.05. The zero-order valence-corrected chi connectivity index (χ0v) is 15.5. The molecular weight excluding hydrogens is 330 g/mol. The van der Waals surface area contributed by atoms with E-state index in [-0.39, 0.29) is 5.91 Å². The van der Waals surface area contributed by atoms with Gasteiger partial charge in [0.25, 0.3) is 0 Å². The Kier molecular flexibility index (Phi) is 7.55. The Morgan fingerprint density at radius 3 is 2.46 bits per heavy atom. The second-order valence-electron chi connectivity index (χ2n) is 5.54. The topological polar surface area (TPSA) is 56.8 Å². The van der Waals surface area contributed by atoms with Crippen LogP contribution >= 0.6 is 0 Å². The van der Waals surface area contributed by atoms with Crippen molar-refractivity contribution in [2.75, 3.05) is 25.6 Å². The van der Waals surface area contributed by atoms with Gasteiger partial charge in [-0.05, 0) is 61.4 Å². The molecule has 0 bridgehead atoms. The van der Waals surface area contributed by atoms with Crippen LogP contribution in [-0.4, -0.2) is 26.2 Å². The summed E-state index contributed by atoms with van der Waals surface area (Å²) >= 11 is 0. The number of anilines is 1. The molecule has 2 aromatic carbocycles. The fraction of sp³-hybridized carbons (Fsp3) is 0.286. The summed E-state index contributed by atoms with van der Waals surface area (Å²) in [5, 5.41) is 2.81. The van der Waals surface area contributed by atoms with Crippen LogP contribution in [-0.2, 0) is 4.79 Å². The summed E-state index contributed by atoms with van der Waals surface area (Å²) in [5.41, 5.74) is 1.57. The van der Waals surface area contributed by atoms with E-state index in [1.54, 1.807) is 25.3 Å². The molecule has 0 saturated carbocycles. The van der Waals surface area contributed by atoms with E-state index in [1.165, 1.54) is 6.08 Å². The van der Waals surface area contributed by atoms with Gasteiger partial charge in [-0.2, -0.15) is 0 Å². The molecule has 0 radical (unpaired) electrons. The minimum absolute atomic E-state index is 0.209. The molecule has 0 aromatic heterocycles. The first-order chi connectivity index (χ1) is 12.7. The zero-order chi connectivity index (χ0) is 18.8. The quantitative estimate of drug-likeness (QED) is 0.671. The van der Waals surface area contributed by atoms with Crippen molar-refractivity contribution in [3.63, 3.8) is 0 Å². The third-order valence-electron chi connectivity index (χ3n) is 3.51. The first-order valence-corrected chi connectivity index (χ1v) is 8.69. The van der Waals surface area contributed by atoms with E-state index in [0.717, 1.165) is 17.7 Å². The Labute approximate surface area is 154 Å². The Bertz CT molecular complexity index is 738. The number of carbonyl (C=O) groups excluding carboxylic acids is 1. The van der Waals surface area contributed by atoms with Gasteiger partial charge in [-0.1, -0.05) is 13.0 Å². The minimum Gasteiger partial charge on any atom is -0.494 e. The molecule has 0 spiro atoms. The first kappa shape index (κ1) is 19.4. The van der Waals surface area contributed by atoms with Crippen molar-refractivity contribution in [1.82, 2.24) is 0 Å². The molecule has 0 heterocycles. The Hall–Kier alpha value is -2.95. The Balaban J connectivity index is 1.98. The number of benzene rings is 2. The molecule has 26 heavy (non-hydrogen) atoms. The number of hydrogen-bond donors (Lipinski definition) is 1. The predicted molar refractivity (Wildman–Crippen MR) is 104 cm³/mol. The van der Waals surface area contributed by atoms with Crippen molar-refractivity contribution >= 4 is 17.7 Å². The van der Waals surface area contributed by atoms with Crippen molar-refractivity contribution < 1.29 is 19.0 Å². The number of amides is 1. The van der Waals surface area contributed by atoms with Crippen molar-refractivity contribution in [2.45, 2.75) is 20.3 Å². The van der Waals surface area contributed by atoms with E-state index in [1.807, 2.05) is 44.2 Å². The molecule has 0 unspecified atom stereocenters. The van der Waals surface area contributed by atoms with Crippen LogP contribution in [0.25, 0.3) is 6.08 Å². The van der Waals surface area contributed by atoms with Gasteiger partial charge in [-0.25, -0.2) is 0 Å². The lowest BCUT2D eigenvalue weighted by Crippen LogP contribution is -2.07. The lowest BCUT2D eigenvalue weighted by atomic mass is 10.2. The minimum atomic E-state index is -0.209. The van der Waals surface area contributed by atoms with E-state index in [0.29, 0.717) is 30.4 Å². The largest absolute Gasteiger partial charge is 0.494 e. The normalized spacial score (nSPS) is 10.6. The third kappa shape index (κ3) is 5.84. The molecule has 0 aliphatic carbocycles. The number of hydrogen-bond acceptors (Lipinski definition) is 4. The SMILES string of the molecule is CCCOc1ccc(/C=C/C(=O)Nc2ccc(OCC)cc2)cc1OC. The molecule has 5 nitrogen and oxygen atoms in total. The van der Waals surface area contributed by atoms with Gasteiger partial charge >= 0.3 is 0 Å². The average molecular weight is 355 g/mol. The highest BCUT2D eigenvalue weighted by Crippen LogP contribution is 2.28. The van der Waals surface area contributed by atoms with Gasteiger partial charge in [0.15, 0.2) is 11.5 Å². The standard InChI is InChI=1S/C21H25NO4/c1-4-14-26-19-12-6-16(15-20(19)24-3)7-13-21(23)22-17-8-10-18(11-9-17)25-5-2/h6-13,15H,4-5,14H2,1-3H3,(H,22,23)/b13-7+. The van der Waals surface area contributed by atoms with E-state index in [4.69, 9.17) is 14.2 Å². The maximum absolute atomic E-state index is 12.1. The van der Waals surface area contributed by atoms with Gasteiger partial charge in [0.1, 0.15) is 5.75 Å². The molecule has 2 rings (SSSR count). The second kappa shape index (κ2) is 10.1. The molecule has 0 fully saturated rings. The zero-order valence-electron chi connectivity index (χ0n) is 15.5. The van der Waals surface area contributed by atoms with Gasteiger partial charge in [0.05, 0.1) is 20.3 Å². The third-order valence-corrected chi connectivity index (χ3v) is 3.51. The molecule has 0 atom stereocenters. The molecule has 1 amide bonds. The number of carbonyl (C=O) groups is 1. The Morgan fingerprint density at radius 1 is 1.04 bits per heavy atom. The van der Waals surface area contributed by atoms with Crippen LogP contribution in [0.4, 0.5) is 5.69 Å². The molecule has 5 heteroatoms. The highest BCUT2D eigenvalue weighted by atomic mass is 16.5. The van der Waals surface area contributed by atoms with E-state index < -0.39 is 0 Å². The molecule has 138 valence electrons. The summed E-state index contributed by atoms with van der Waals surface area (Å²) in [5.74, 6) is 1.91. The summed E-state index contributed by atoms with van der Waals surface area (Å²) in [7, 11) is 1.60. The highest BCUT2D eigenvalue weighted by molar-refractivity contribution is 6.01. The lowest BCUT2D eigenvalue weighted by molar-refractivity contribution is -0.111. The lowest BCUT2D eigenvalue weighted by Gasteiger charge is -2.10. The van der Waals surface area contributed by atoms with E-state index >= 15 is 0 Å². The van der Waals surface area contributed by atoms with Crippen molar-refractivity contribution in [1.29, 1.82) is 0 Å². The van der Waals surface area contributed by atoms with E-state index in [2.05, 4.69) is 5.32 Å². The van der Waals surface area contributed by atoms with Gasteiger partial charge in [-0.15, -0.1) is 0 Å². The molecule has 0 aliphatic rings. The van der Waals surface area contributed by atoms with Crippen LogP contribution in [0.1, 0.15) is 25.8 Å². The molecule has 1 N–H and O–H groups in total. The average Bonchev–Trinajstić information content (AvgIpc) is 2.66. The van der Waals surface area contributed by atoms with Gasteiger partial charge < -0.3 is 19.5 Å². The maximum Gasteiger partial charge on any atom is 0.248 e. The van der Waals surface area contributed by atoms with Crippen molar-refractivity contribution in [2.24, 2.45) is 0 Å². The van der Waals surface area contributed by atoms with Crippen LogP contribution in [0.5, 0.6) is 17.2 Å². The van der Waals surface area contributed by atoms with Crippen molar-refractivity contribution in [3.8, 4) is 17.2 Å². The van der Waals surface area contributed by atoms with E-state index in [9.17, 15) is 4.79 Å². The van der Waals surface area contributed by atoms with Crippen LogP contribution in [0.2, 0.25) is 0 Å². The molecule has 2 aromatic rings. The monoisotopic (exact) mass is 355 g/mol. The number of nitrogens with one attached hydrogen (secondary N) is 1. The van der Waals surface area contributed by atoms with Crippen LogP contribution in [0.3, 0.4) is 0 Å².